The summed E-state index contributed by atoms with van der Waals surface area (Å²) in [7, 11) is -3.39. The summed E-state index contributed by atoms with van der Waals surface area (Å²) in [6, 6.07) is 3.27. The third kappa shape index (κ3) is 2.12. The lowest BCUT2D eigenvalue weighted by molar-refractivity contribution is -0.0425. The Morgan fingerprint density at radius 2 is 2.13 bits per heavy atom. The number of β-amino-alcohol motifs (C(OH)–C–C–N with tert-alkyl or cyclic N) is 1. The van der Waals surface area contributed by atoms with Crippen LogP contribution in [0.4, 0.5) is 0 Å². The number of sulfonamides is 1. The van der Waals surface area contributed by atoms with E-state index in [1.165, 1.54) is 15.6 Å². The van der Waals surface area contributed by atoms with Crippen molar-refractivity contribution in [2.75, 3.05) is 13.1 Å². The number of hydrogen-bond donors (Lipinski definition) is 1. The molecule has 0 aromatic carbocycles. The van der Waals surface area contributed by atoms with Crippen molar-refractivity contribution in [1.82, 2.24) is 4.31 Å². The molecule has 4 nitrogen and oxygen atoms in total. The molecular weight excluding hydrogens is 302 g/mol. The van der Waals surface area contributed by atoms with Crippen LogP contribution >= 0.6 is 27.3 Å². The molecule has 2 heterocycles. The van der Waals surface area contributed by atoms with Gasteiger partial charge in [0.05, 0.1) is 9.39 Å². The van der Waals surface area contributed by atoms with Gasteiger partial charge in [-0.05, 0) is 35.0 Å². The van der Waals surface area contributed by atoms with Gasteiger partial charge in [-0.3, -0.25) is 0 Å². The average molecular weight is 312 g/mol. The van der Waals surface area contributed by atoms with Gasteiger partial charge in [0.25, 0.3) is 10.0 Å². The second-order valence-corrected chi connectivity index (χ2v) is 8.46. The van der Waals surface area contributed by atoms with Crippen molar-refractivity contribution in [2.45, 2.75) is 16.7 Å². The SMILES string of the molecule is CC1(O)CN(S(=O)(=O)c2ccc(Br)s2)C1. The number of thiophene rings is 1. The van der Waals surface area contributed by atoms with Crippen molar-refractivity contribution < 1.29 is 13.5 Å². The highest BCUT2D eigenvalue weighted by Gasteiger charge is 2.44. The van der Waals surface area contributed by atoms with E-state index in [0.29, 0.717) is 4.21 Å². The summed E-state index contributed by atoms with van der Waals surface area (Å²) in [5, 5.41) is 9.49. The fourth-order valence-corrected chi connectivity index (χ4v) is 5.29. The Morgan fingerprint density at radius 1 is 1.53 bits per heavy atom. The number of aliphatic hydroxyl groups is 1. The molecule has 1 saturated heterocycles. The molecule has 1 aromatic heterocycles. The molecule has 0 atom stereocenters. The third-order valence-electron chi connectivity index (χ3n) is 2.18. The number of hydrogen-bond acceptors (Lipinski definition) is 4. The molecule has 0 amide bonds. The van der Waals surface area contributed by atoms with E-state index in [0.717, 1.165) is 3.79 Å². The Bertz CT molecular complexity index is 472. The van der Waals surface area contributed by atoms with Crippen molar-refractivity contribution in [3.63, 3.8) is 0 Å². The zero-order chi connectivity index (χ0) is 11.3. The fraction of sp³-hybridized carbons (Fsp3) is 0.500. The van der Waals surface area contributed by atoms with Gasteiger partial charge in [0.15, 0.2) is 0 Å². The minimum Gasteiger partial charge on any atom is -0.387 e. The van der Waals surface area contributed by atoms with Crippen molar-refractivity contribution in [1.29, 1.82) is 0 Å². The summed E-state index contributed by atoms with van der Waals surface area (Å²) in [5.74, 6) is 0. The normalized spacial score (nSPS) is 21.3. The van der Waals surface area contributed by atoms with Crippen LogP contribution in [0.15, 0.2) is 20.1 Å². The van der Waals surface area contributed by atoms with Crippen molar-refractivity contribution in [3.05, 3.63) is 15.9 Å². The first-order valence-corrected chi connectivity index (χ1v) is 7.34. The zero-order valence-corrected chi connectivity index (χ0v) is 11.2. The standard InChI is InChI=1S/C8H10BrNO3S2/c1-8(11)4-10(5-8)15(12,13)7-3-2-6(9)14-7/h2-3,11H,4-5H2,1H3. The van der Waals surface area contributed by atoms with Gasteiger partial charge in [-0.15, -0.1) is 11.3 Å². The van der Waals surface area contributed by atoms with Crippen LogP contribution in [0.5, 0.6) is 0 Å². The average Bonchev–Trinajstić information content (AvgIpc) is 2.48. The maximum atomic E-state index is 11.9. The maximum Gasteiger partial charge on any atom is 0.252 e. The molecule has 0 saturated carbocycles. The van der Waals surface area contributed by atoms with Crippen LogP contribution in [0.1, 0.15) is 6.92 Å². The van der Waals surface area contributed by atoms with E-state index < -0.39 is 15.6 Å². The molecular formula is C8H10BrNO3S2. The van der Waals surface area contributed by atoms with E-state index in [-0.39, 0.29) is 13.1 Å². The van der Waals surface area contributed by atoms with E-state index >= 15 is 0 Å². The molecule has 0 unspecified atom stereocenters. The van der Waals surface area contributed by atoms with Crippen LogP contribution in [-0.2, 0) is 10.0 Å². The van der Waals surface area contributed by atoms with E-state index in [9.17, 15) is 13.5 Å². The van der Waals surface area contributed by atoms with Crippen LogP contribution < -0.4 is 0 Å². The Morgan fingerprint density at radius 3 is 2.53 bits per heavy atom. The number of rotatable bonds is 2. The molecule has 7 heteroatoms. The quantitative estimate of drug-likeness (QED) is 0.894. The lowest BCUT2D eigenvalue weighted by atomic mass is 10.0. The van der Waals surface area contributed by atoms with Gasteiger partial charge < -0.3 is 5.11 Å². The summed E-state index contributed by atoms with van der Waals surface area (Å²) < 4.78 is 26.2. The Kier molecular flexibility index (Phi) is 2.71. The molecule has 0 spiro atoms. The van der Waals surface area contributed by atoms with Crippen molar-refractivity contribution >= 4 is 37.3 Å². The fourth-order valence-electron chi connectivity index (χ4n) is 1.45. The second kappa shape index (κ2) is 3.53. The lowest BCUT2D eigenvalue weighted by Gasteiger charge is -2.42. The molecule has 0 aliphatic carbocycles. The molecule has 1 N–H and O–H groups in total. The molecule has 0 radical (unpaired) electrons. The molecule has 1 aromatic rings. The van der Waals surface area contributed by atoms with Gasteiger partial charge in [0, 0.05) is 13.1 Å². The first-order chi connectivity index (χ1) is 6.81. The third-order valence-corrected chi connectivity index (χ3v) is 6.06. The van der Waals surface area contributed by atoms with Crippen LogP contribution in [-0.4, -0.2) is 36.5 Å². The summed E-state index contributed by atoms with van der Waals surface area (Å²) in [6.45, 7) is 1.97. The molecule has 1 fully saturated rings. The molecule has 84 valence electrons. The summed E-state index contributed by atoms with van der Waals surface area (Å²) in [4.78, 5) is 0. The number of nitrogens with zero attached hydrogens (tertiary/aromatic N) is 1. The highest BCUT2D eigenvalue weighted by atomic mass is 79.9. The maximum absolute atomic E-state index is 11.9. The van der Waals surface area contributed by atoms with Gasteiger partial charge in [0.2, 0.25) is 0 Å². The van der Waals surface area contributed by atoms with E-state index in [4.69, 9.17) is 0 Å². The Labute approximate surface area is 101 Å². The molecule has 1 aliphatic rings. The lowest BCUT2D eigenvalue weighted by Crippen LogP contribution is -2.61. The largest absolute Gasteiger partial charge is 0.387 e. The van der Waals surface area contributed by atoms with Gasteiger partial charge >= 0.3 is 0 Å². The van der Waals surface area contributed by atoms with Crippen LogP contribution in [0.25, 0.3) is 0 Å². The van der Waals surface area contributed by atoms with E-state index in [2.05, 4.69) is 15.9 Å². The minimum absolute atomic E-state index is 0.171. The van der Waals surface area contributed by atoms with Crippen LogP contribution in [0, 0.1) is 0 Å². The predicted octanol–water partition coefficient (Wildman–Crippen LogP) is 1.27. The minimum atomic E-state index is -3.39. The van der Waals surface area contributed by atoms with E-state index in [1.807, 2.05) is 0 Å². The summed E-state index contributed by atoms with van der Waals surface area (Å²) in [5.41, 5.74) is -0.873. The van der Waals surface area contributed by atoms with Crippen molar-refractivity contribution in [3.8, 4) is 0 Å². The number of halogens is 1. The first kappa shape index (κ1) is 11.5. The molecule has 1 aliphatic heterocycles. The van der Waals surface area contributed by atoms with Gasteiger partial charge in [0.1, 0.15) is 4.21 Å². The highest BCUT2D eigenvalue weighted by molar-refractivity contribution is 9.11. The molecule has 15 heavy (non-hydrogen) atoms. The van der Waals surface area contributed by atoms with Crippen LogP contribution in [0.3, 0.4) is 0 Å². The Hall–Kier alpha value is 0.0500. The van der Waals surface area contributed by atoms with Crippen LogP contribution in [0.2, 0.25) is 0 Å². The van der Waals surface area contributed by atoms with Gasteiger partial charge in [-0.25, -0.2) is 8.42 Å². The Balaban J connectivity index is 2.23. The first-order valence-electron chi connectivity index (χ1n) is 4.29. The van der Waals surface area contributed by atoms with Gasteiger partial charge in [-0.2, -0.15) is 4.31 Å². The summed E-state index contributed by atoms with van der Waals surface area (Å²) >= 11 is 4.40. The topological polar surface area (TPSA) is 57.6 Å². The predicted molar refractivity (Wildman–Crippen MR) is 61.4 cm³/mol. The molecule has 0 bridgehead atoms. The second-order valence-electron chi connectivity index (χ2n) is 3.83. The zero-order valence-electron chi connectivity index (χ0n) is 7.97. The molecule has 2 rings (SSSR count). The van der Waals surface area contributed by atoms with Crippen molar-refractivity contribution in [2.24, 2.45) is 0 Å². The smallest absolute Gasteiger partial charge is 0.252 e. The summed E-state index contributed by atoms with van der Waals surface area (Å²) in [6.07, 6.45) is 0. The van der Waals surface area contributed by atoms with Gasteiger partial charge in [-0.1, -0.05) is 0 Å². The highest BCUT2D eigenvalue weighted by Crippen LogP contribution is 2.32. The monoisotopic (exact) mass is 311 g/mol. The van der Waals surface area contributed by atoms with E-state index in [1.54, 1.807) is 19.1 Å².